The molecule has 1 saturated heterocycles. The second-order valence-electron chi connectivity index (χ2n) is 8.10. The number of amides is 1. The van der Waals surface area contributed by atoms with Crippen molar-refractivity contribution in [3.05, 3.63) is 42.0 Å². The van der Waals surface area contributed by atoms with Crippen LogP contribution in [0, 0.1) is 11.8 Å². The number of hydrogen-bond acceptors (Lipinski definition) is 4. The smallest absolute Gasteiger partial charge is 0.307 e. The third kappa shape index (κ3) is 4.59. The van der Waals surface area contributed by atoms with Gasteiger partial charge in [-0.3, -0.25) is 9.59 Å². The van der Waals surface area contributed by atoms with Gasteiger partial charge in [0.2, 0.25) is 15.9 Å². The Morgan fingerprint density at radius 2 is 1.60 bits per heavy atom. The fourth-order valence-electron chi connectivity index (χ4n) is 4.10. The van der Waals surface area contributed by atoms with Gasteiger partial charge in [0.05, 0.1) is 16.7 Å². The van der Waals surface area contributed by atoms with Gasteiger partial charge in [0.25, 0.3) is 0 Å². The van der Waals surface area contributed by atoms with E-state index in [0.717, 1.165) is 12.0 Å². The fraction of sp³-hybridized carbons (Fsp3) is 0.545. The van der Waals surface area contributed by atoms with Crippen molar-refractivity contribution >= 4 is 21.9 Å². The SMILES string of the molecule is CC[C@@H](C)c1ccc(S(=O)(=O)N2CCN(C(=O)[C@@H]3CC=CC[C@@H]3C(=O)O)CC2)cc1. The van der Waals surface area contributed by atoms with Crippen LogP contribution >= 0.6 is 0 Å². The molecule has 0 unspecified atom stereocenters. The van der Waals surface area contributed by atoms with E-state index >= 15 is 0 Å². The quantitative estimate of drug-likeness (QED) is 0.695. The normalized spacial score (nSPS) is 23.9. The third-order valence-corrected chi connectivity index (χ3v) is 8.23. The van der Waals surface area contributed by atoms with E-state index in [1.54, 1.807) is 23.1 Å². The number of carbonyl (C=O) groups excluding carboxylic acids is 1. The maximum Gasteiger partial charge on any atom is 0.307 e. The third-order valence-electron chi connectivity index (χ3n) is 6.32. The lowest BCUT2D eigenvalue weighted by atomic mass is 9.82. The summed E-state index contributed by atoms with van der Waals surface area (Å²) >= 11 is 0. The molecule has 3 rings (SSSR count). The van der Waals surface area contributed by atoms with Gasteiger partial charge < -0.3 is 10.0 Å². The van der Waals surface area contributed by atoms with Crippen molar-refractivity contribution in [1.29, 1.82) is 0 Å². The Morgan fingerprint density at radius 1 is 1.03 bits per heavy atom. The van der Waals surface area contributed by atoms with Crippen LogP contribution in [0.1, 0.15) is 44.6 Å². The molecule has 0 bridgehead atoms. The molecule has 7 nitrogen and oxygen atoms in total. The Bertz CT molecular complexity index is 902. The van der Waals surface area contributed by atoms with Crippen LogP contribution in [0.15, 0.2) is 41.3 Å². The first-order valence-electron chi connectivity index (χ1n) is 10.5. The van der Waals surface area contributed by atoms with Gasteiger partial charge in [-0.1, -0.05) is 38.1 Å². The predicted octanol–water partition coefficient (Wildman–Crippen LogP) is 2.70. The first-order chi connectivity index (χ1) is 14.3. The topological polar surface area (TPSA) is 95.0 Å². The summed E-state index contributed by atoms with van der Waals surface area (Å²) < 4.78 is 27.4. The number of rotatable bonds is 6. The molecule has 1 aromatic carbocycles. The summed E-state index contributed by atoms with van der Waals surface area (Å²) in [4.78, 5) is 26.2. The van der Waals surface area contributed by atoms with Gasteiger partial charge in [-0.2, -0.15) is 4.31 Å². The van der Waals surface area contributed by atoms with E-state index in [4.69, 9.17) is 0 Å². The summed E-state index contributed by atoms with van der Waals surface area (Å²) in [6, 6.07) is 7.03. The monoisotopic (exact) mass is 434 g/mol. The molecule has 1 N–H and O–H groups in total. The van der Waals surface area contributed by atoms with E-state index in [9.17, 15) is 23.1 Å². The van der Waals surface area contributed by atoms with Crippen LogP contribution in [0.4, 0.5) is 0 Å². The van der Waals surface area contributed by atoms with Crippen LogP contribution in [0.2, 0.25) is 0 Å². The van der Waals surface area contributed by atoms with E-state index in [1.165, 1.54) is 4.31 Å². The zero-order valence-corrected chi connectivity index (χ0v) is 18.3. The Morgan fingerprint density at radius 3 is 2.13 bits per heavy atom. The second kappa shape index (κ2) is 9.31. The highest BCUT2D eigenvalue weighted by Gasteiger charge is 2.38. The van der Waals surface area contributed by atoms with Crippen LogP contribution in [0.25, 0.3) is 0 Å². The van der Waals surface area contributed by atoms with E-state index in [2.05, 4.69) is 13.8 Å². The largest absolute Gasteiger partial charge is 0.481 e. The van der Waals surface area contributed by atoms with Gasteiger partial charge in [0.1, 0.15) is 0 Å². The number of aliphatic carboxylic acids is 1. The minimum absolute atomic E-state index is 0.193. The van der Waals surface area contributed by atoms with Crippen molar-refractivity contribution in [2.75, 3.05) is 26.2 Å². The number of benzene rings is 1. The number of carboxylic acids is 1. The molecule has 3 atom stereocenters. The molecular formula is C22H30N2O5S. The lowest BCUT2D eigenvalue weighted by Gasteiger charge is -2.37. The maximum absolute atomic E-state index is 13.0. The summed E-state index contributed by atoms with van der Waals surface area (Å²) in [6.07, 6.45) is 5.41. The summed E-state index contributed by atoms with van der Waals surface area (Å²) in [5.74, 6) is -2.07. The molecule has 1 aromatic rings. The molecule has 30 heavy (non-hydrogen) atoms. The maximum atomic E-state index is 13.0. The molecule has 1 heterocycles. The average Bonchev–Trinajstić information content (AvgIpc) is 2.78. The Balaban J connectivity index is 1.65. The molecule has 0 saturated carbocycles. The predicted molar refractivity (Wildman–Crippen MR) is 113 cm³/mol. The summed E-state index contributed by atoms with van der Waals surface area (Å²) in [7, 11) is -3.62. The fourth-order valence-corrected chi connectivity index (χ4v) is 5.52. The van der Waals surface area contributed by atoms with Crippen LogP contribution in [0.5, 0.6) is 0 Å². The van der Waals surface area contributed by atoms with E-state index < -0.39 is 27.8 Å². The van der Waals surface area contributed by atoms with E-state index in [1.807, 2.05) is 18.2 Å². The molecule has 164 valence electrons. The molecule has 0 radical (unpaired) electrons. The van der Waals surface area contributed by atoms with Crippen molar-refractivity contribution in [2.45, 2.75) is 43.9 Å². The highest BCUT2D eigenvalue weighted by Crippen LogP contribution is 2.29. The molecule has 1 aliphatic carbocycles. The van der Waals surface area contributed by atoms with Crippen LogP contribution in [-0.4, -0.2) is 60.8 Å². The first kappa shape index (κ1) is 22.5. The lowest BCUT2D eigenvalue weighted by Crippen LogP contribution is -2.53. The van der Waals surface area contributed by atoms with E-state index in [0.29, 0.717) is 18.8 Å². The molecule has 2 aliphatic rings. The minimum atomic E-state index is -3.62. The Kier molecular flexibility index (Phi) is 6.98. The Labute approximate surface area is 178 Å². The lowest BCUT2D eigenvalue weighted by molar-refractivity contribution is -0.151. The summed E-state index contributed by atoms with van der Waals surface area (Å²) in [6.45, 7) is 5.17. The van der Waals surface area contributed by atoms with Crippen LogP contribution < -0.4 is 0 Å². The first-order valence-corrected chi connectivity index (χ1v) is 12.0. The van der Waals surface area contributed by atoms with Crippen molar-refractivity contribution in [3.63, 3.8) is 0 Å². The van der Waals surface area contributed by atoms with Crippen molar-refractivity contribution in [1.82, 2.24) is 9.21 Å². The van der Waals surface area contributed by atoms with Gasteiger partial charge in [-0.15, -0.1) is 0 Å². The number of carbonyl (C=O) groups is 2. The number of allylic oxidation sites excluding steroid dienone is 2. The van der Waals surface area contributed by atoms with Crippen molar-refractivity contribution in [2.24, 2.45) is 11.8 Å². The van der Waals surface area contributed by atoms with E-state index in [-0.39, 0.29) is 37.0 Å². The summed E-state index contributed by atoms with van der Waals surface area (Å²) in [5.41, 5.74) is 1.11. The molecular weight excluding hydrogens is 404 g/mol. The number of piperazine rings is 1. The van der Waals surface area contributed by atoms with Gasteiger partial charge in [0.15, 0.2) is 0 Å². The van der Waals surface area contributed by atoms with Gasteiger partial charge in [0, 0.05) is 26.2 Å². The molecule has 0 aromatic heterocycles. The average molecular weight is 435 g/mol. The number of sulfonamides is 1. The van der Waals surface area contributed by atoms with Gasteiger partial charge >= 0.3 is 5.97 Å². The van der Waals surface area contributed by atoms with Crippen LogP contribution in [0.3, 0.4) is 0 Å². The van der Waals surface area contributed by atoms with Gasteiger partial charge in [-0.05, 0) is 42.9 Å². The second-order valence-corrected chi connectivity index (χ2v) is 10.0. The van der Waals surface area contributed by atoms with Crippen molar-refractivity contribution < 1.29 is 23.1 Å². The zero-order valence-electron chi connectivity index (χ0n) is 17.5. The van der Waals surface area contributed by atoms with Gasteiger partial charge in [-0.25, -0.2) is 8.42 Å². The molecule has 1 amide bonds. The molecule has 0 spiro atoms. The number of nitrogens with zero attached hydrogens (tertiary/aromatic N) is 2. The highest BCUT2D eigenvalue weighted by molar-refractivity contribution is 7.89. The molecule has 1 fully saturated rings. The minimum Gasteiger partial charge on any atom is -0.481 e. The summed E-state index contributed by atoms with van der Waals surface area (Å²) in [5, 5.41) is 9.41. The molecule has 1 aliphatic heterocycles. The zero-order chi connectivity index (χ0) is 21.9. The standard InChI is InChI=1S/C22H30N2O5S/c1-3-16(2)17-8-10-18(11-9-17)30(28,29)24-14-12-23(13-15-24)21(25)19-6-4-5-7-20(19)22(26)27/h4-5,8-11,16,19-20H,3,6-7,12-15H2,1-2H3,(H,26,27)/t16-,19-,20+/m1/s1. The van der Waals surface area contributed by atoms with Crippen molar-refractivity contribution in [3.8, 4) is 0 Å². The Hall–Kier alpha value is -2.19. The molecule has 8 heteroatoms. The van der Waals surface area contributed by atoms with Crippen LogP contribution in [-0.2, 0) is 19.6 Å². The number of carboxylic acid groups (broad SMARTS) is 1. The number of hydrogen-bond donors (Lipinski definition) is 1. The highest BCUT2D eigenvalue weighted by atomic mass is 32.2.